The fraction of sp³-hybridized carbons (Fsp3) is 0.286. The summed E-state index contributed by atoms with van der Waals surface area (Å²) in [5.74, 6) is 1.48. The Labute approximate surface area is 114 Å². The minimum absolute atomic E-state index is 0.243. The second-order valence-electron chi connectivity index (χ2n) is 4.78. The summed E-state index contributed by atoms with van der Waals surface area (Å²) in [6.45, 7) is 1.43. The van der Waals surface area contributed by atoms with Gasteiger partial charge in [-0.15, -0.1) is 0 Å². The average molecular weight is 268 g/mol. The van der Waals surface area contributed by atoms with Gasteiger partial charge in [0.25, 0.3) is 5.89 Å². The molecule has 1 aliphatic heterocycles. The summed E-state index contributed by atoms with van der Waals surface area (Å²) in [6.07, 6.45) is 4.29. The van der Waals surface area contributed by atoms with Gasteiger partial charge in [-0.25, -0.2) is 0 Å². The van der Waals surface area contributed by atoms with E-state index < -0.39 is 0 Å². The van der Waals surface area contributed by atoms with Gasteiger partial charge in [0.15, 0.2) is 5.82 Å². The van der Waals surface area contributed by atoms with Crippen LogP contribution in [0, 0.1) is 0 Å². The summed E-state index contributed by atoms with van der Waals surface area (Å²) < 4.78 is 10.7. The number of rotatable bonds is 2. The largest absolute Gasteiger partial charge is 0.381 e. The molecule has 0 unspecified atom stereocenters. The van der Waals surface area contributed by atoms with Crippen LogP contribution in [0.1, 0.15) is 18.2 Å². The van der Waals surface area contributed by atoms with Crippen molar-refractivity contribution in [2.24, 2.45) is 0 Å². The predicted molar refractivity (Wildman–Crippen MR) is 71.0 cm³/mol. The molecule has 20 heavy (non-hydrogen) atoms. The monoisotopic (exact) mass is 268 g/mol. The third-order valence-electron chi connectivity index (χ3n) is 3.45. The van der Waals surface area contributed by atoms with Gasteiger partial charge in [0.2, 0.25) is 0 Å². The lowest BCUT2D eigenvalue weighted by molar-refractivity contribution is 0.192. The second kappa shape index (κ2) is 4.64. The molecule has 1 aromatic carbocycles. The maximum absolute atomic E-state index is 5.35. The van der Waals surface area contributed by atoms with E-state index in [0.717, 1.165) is 35.4 Å². The highest BCUT2D eigenvalue weighted by molar-refractivity contribution is 5.79. The first kappa shape index (κ1) is 11.5. The molecule has 0 saturated carbocycles. The Morgan fingerprint density at radius 3 is 2.85 bits per heavy atom. The highest BCUT2D eigenvalue weighted by Gasteiger charge is 2.23. The number of hydrogen-bond acceptors (Lipinski definition) is 6. The van der Waals surface area contributed by atoms with Gasteiger partial charge in [0, 0.05) is 30.5 Å². The van der Waals surface area contributed by atoms with Crippen LogP contribution in [0.15, 0.2) is 35.1 Å². The molecular formula is C14H12N4O2. The Kier molecular flexibility index (Phi) is 2.67. The molecule has 0 aliphatic carbocycles. The topological polar surface area (TPSA) is 73.9 Å². The van der Waals surface area contributed by atoms with E-state index in [4.69, 9.17) is 9.26 Å². The lowest BCUT2D eigenvalue weighted by Gasteiger charge is -1.98. The van der Waals surface area contributed by atoms with Gasteiger partial charge < -0.3 is 9.26 Å². The van der Waals surface area contributed by atoms with Gasteiger partial charge in [-0.3, -0.25) is 9.97 Å². The van der Waals surface area contributed by atoms with Crippen molar-refractivity contribution in [3.05, 3.63) is 36.4 Å². The normalized spacial score (nSPS) is 18.7. The number of nitrogens with zero attached hydrogens (tertiary/aromatic N) is 4. The van der Waals surface area contributed by atoms with E-state index in [0.29, 0.717) is 12.5 Å². The lowest BCUT2D eigenvalue weighted by atomic mass is 10.1. The van der Waals surface area contributed by atoms with Crippen LogP contribution < -0.4 is 0 Å². The van der Waals surface area contributed by atoms with Crippen LogP contribution in [-0.4, -0.2) is 33.3 Å². The Morgan fingerprint density at radius 1 is 1.10 bits per heavy atom. The Bertz CT molecular complexity index is 750. The van der Waals surface area contributed by atoms with Crippen molar-refractivity contribution in [1.29, 1.82) is 0 Å². The van der Waals surface area contributed by atoms with E-state index in [1.54, 1.807) is 12.4 Å². The molecule has 1 atom stereocenters. The molecule has 4 rings (SSSR count). The van der Waals surface area contributed by atoms with Gasteiger partial charge in [-0.1, -0.05) is 5.16 Å². The van der Waals surface area contributed by atoms with Crippen molar-refractivity contribution in [3.8, 4) is 11.5 Å². The molecule has 1 aliphatic rings. The van der Waals surface area contributed by atoms with Crippen molar-refractivity contribution in [3.63, 3.8) is 0 Å². The fourth-order valence-electron chi connectivity index (χ4n) is 2.35. The van der Waals surface area contributed by atoms with Crippen molar-refractivity contribution >= 4 is 11.0 Å². The van der Waals surface area contributed by atoms with Gasteiger partial charge in [-0.05, 0) is 24.6 Å². The van der Waals surface area contributed by atoms with Crippen LogP contribution in [0.25, 0.3) is 22.5 Å². The summed E-state index contributed by atoms with van der Waals surface area (Å²) in [5, 5.41) is 4.05. The summed E-state index contributed by atoms with van der Waals surface area (Å²) in [4.78, 5) is 13.0. The van der Waals surface area contributed by atoms with E-state index in [9.17, 15) is 0 Å². The molecule has 100 valence electrons. The van der Waals surface area contributed by atoms with Crippen molar-refractivity contribution in [1.82, 2.24) is 20.1 Å². The van der Waals surface area contributed by atoms with Crippen LogP contribution in [-0.2, 0) is 4.74 Å². The van der Waals surface area contributed by atoms with Crippen LogP contribution in [0.3, 0.4) is 0 Å². The molecule has 0 bridgehead atoms. The van der Waals surface area contributed by atoms with Crippen molar-refractivity contribution < 1.29 is 9.26 Å². The van der Waals surface area contributed by atoms with Crippen LogP contribution in [0.2, 0.25) is 0 Å². The van der Waals surface area contributed by atoms with Crippen molar-refractivity contribution in [2.75, 3.05) is 13.2 Å². The molecule has 3 heterocycles. The molecule has 3 aromatic rings. The third kappa shape index (κ3) is 1.94. The van der Waals surface area contributed by atoms with Crippen LogP contribution in [0.4, 0.5) is 0 Å². The standard InChI is InChI=1S/C14H12N4O2/c1-2-11-12(16-5-4-15-11)7-9(1)14-17-13(18-20-14)10-3-6-19-8-10/h1-2,4-5,7,10H,3,6,8H2/t10-/m1/s1. The maximum Gasteiger partial charge on any atom is 0.258 e. The molecule has 0 spiro atoms. The Hall–Kier alpha value is -2.34. The number of aromatic nitrogens is 4. The third-order valence-corrected chi connectivity index (χ3v) is 3.45. The Balaban J connectivity index is 1.71. The van der Waals surface area contributed by atoms with Gasteiger partial charge in [0.05, 0.1) is 17.6 Å². The first-order valence-corrected chi connectivity index (χ1v) is 6.53. The van der Waals surface area contributed by atoms with E-state index in [1.807, 2.05) is 18.2 Å². The predicted octanol–water partition coefficient (Wildman–Crippen LogP) is 2.18. The van der Waals surface area contributed by atoms with Crippen LogP contribution >= 0.6 is 0 Å². The molecule has 0 radical (unpaired) electrons. The fourth-order valence-corrected chi connectivity index (χ4v) is 2.35. The maximum atomic E-state index is 5.35. The molecule has 1 fully saturated rings. The van der Waals surface area contributed by atoms with E-state index in [-0.39, 0.29) is 5.92 Å². The number of fused-ring (bicyclic) bond motifs is 1. The van der Waals surface area contributed by atoms with Crippen LogP contribution in [0.5, 0.6) is 0 Å². The summed E-state index contributed by atoms with van der Waals surface area (Å²) in [5.41, 5.74) is 2.52. The molecular weight excluding hydrogens is 256 g/mol. The summed E-state index contributed by atoms with van der Waals surface area (Å²) in [6, 6.07) is 5.73. The first-order chi connectivity index (χ1) is 9.90. The number of ether oxygens (including phenoxy) is 1. The Morgan fingerprint density at radius 2 is 2.00 bits per heavy atom. The minimum Gasteiger partial charge on any atom is -0.381 e. The zero-order valence-electron chi connectivity index (χ0n) is 10.7. The highest BCUT2D eigenvalue weighted by atomic mass is 16.5. The summed E-state index contributed by atoms with van der Waals surface area (Å²) in [7, 11) is 0. The number of benzene rings is 1. The summed E-state index contributed by atoms with van der Waals surface area (Å²) >= 11 is 0. The molecule has 1 saturated heterocycles. The van der Waals surface area contributed by atoms with Gasteiger partial charge in [-0.2, -0.15) is 4.98 Å². The molecule has 6 heteroatoms. The second-order valence-corrected chi connectivity index (χ2v) is 4.78. The highest BCUT2D eigenvalue weighted by Crippen LogP contribution is 2.26. The van der Waals surface area contributed by atoms with E-state index in [2.05, 4.69) is 20.1 Å². The quantitative estimate of drug-likeness (QED) is 0.709. The SMILES string of the molecule is c1cnc2cc(-c3nc([C@@H]4CCOC4)no3)ccc2n1. The first-order valence-electron chi connectivity index (χ1n) is 6.53. The zero-order valence-corrected chi connectivity index (χ0v) is 10.7. The molecule has 6 nitrogen and oxygen atoms in total. The number of hydrogen-bond donors (Lipinski definition) is 0. The lowest BCUT2D eigenvalue weighted by Crippen LogP contribution is -1.99. The zero-order chi connectivity index (χ0) is 13.4. The van der Waals surface area contributed by atoms with Gasteiger partial charge in [0.1, 0.15) is 0 Å². The van der Waals surface area contributed by atoms with E-state index >= 15 is 0 Å². The van der Waals surface area contributed by atoms with Gasteiger partial charge >= 0.3 is 0 Å². The molecule has 0 N–H and O–H groups in total. The average Bonchev–Trinajstić information content (AvgIpc) is 3.17. The van der Waals surface area contributed by atoms with E-state index in [1.165, 1.54) is 0 Å². The van der Waals surface area contributed by atoms with Crippen molar-refractivity contribution in [2.45, 2.75) is 12.3 Å². The molecule has 2 aromatic heterocycles. The smallest absolute Gasteiger partial charge is 0.258 e. The molecule has 0 amide bonds. The minimum atomic E-state index is 0.243.